The predicted molar refractivity (Wildman–Crippen MR) is 94.5 cm³/mol. The zero-order valence-corrected chi connectivity index (χ0v) is 15.1. The Morgan fingerprint density at radius 1 is 0.560 bits per heavy atom. The summed E-state index contributed by atoms with van der Waals surface area (Å²) in [6.07, 6.45) is 7.16. The second-order valence-electron chi connectivity index (χ2n) is 5.77. The van der Waals surface area contributed by atoms with Crippen molar-refractivity contribution >= 4 is 11.9 Å². The smallest absolute Gasteiger partial charge is 0.303 e. The van der Waals surface area contributed by atoms with Crippen molar-refractivity contribution in [2.45, 2.75) is 57.8 Å². The van der Waals surface area contributed by atoms with Gasteiger partial charge in [0, 0.05) is 32.5 Å². The molecule has 0 aliphatic rings. The van der Waals surface area contributed by atoms with Crippen molar-refractivity contribution in [1.29, 1.82) is 0 Å². The van der Waals surface area contributed by atoms with E-state index in [-0.39, 0.29) is 32.7 Å². The van der Waals surface area contributed by atoms with Gasteiger partial charge in [-0.15, -0.1) is 0 Å². The van der Waals surface area contributed by atoms with Crippen molar-refractivity contribution < 1.29 is 35.1 Å². The lowest BCUT2D eigenvalue weighted by atomic mass is 10.1. The van der Waals surface area contributed by atoms with E-state index in [4.69, 9.17) is 25.5 Å². The van der Waals surface area contributed by atoms with Gasteiger partial charge in [-0.2, -0.15) is 0 Å². The molecule has 0 saturated heterocycles. The van der Waals surface area contributed by atoms with E-state index < -0.39 is 11.9 Å². The number of carboxylic acid groups (broad SMARTS) is 2. The molecule has 25 heavy (non-hydrogen) atoms. The van der Waals surface area contributed by atoms with E-state index in [2.05, 4.69) is 0 Å². The average Bonchev–Trinajstić information content (AvgIpc) is 2.54. The van der Waals surface area contributed by atoms with E-state index in [0.717, 1.165) is 44.9 Å². The van der Waals surface area contributed by atoms with E-state index in [0.29, 0.717) is 19.6 Å². The van der Waals surface area contributed by atoms with Gasteiger partial charge in [0.1, 0.15) is 0 Å². The molecular weight excluding hydrogens is 330 g/mol. The fraction of sp³-hybridized carbons (Fsp3) is 0.882. The van der Waals surface area contributed by atoms with E-state index in [1.54, 1.807) is 4.90 Å². The van der Waals surface area contributed by atoms with Gasteiger partial charge in [-0.3, -0.25) is 14.5 Å². The highest BCUT2D eigenvalue weighted by molar-refractivity contribution is 5.66. The second-order valence-corrected chi connectivity index (χ2v) is 5.77. The molecular formula is C17H35NO7. The van der Waals surface area contributed by atoms with Crippen molar-refractivity contribution in [1.82, 2.24) is 4.90 Å². The quantitative estimate of drug-likeness (QED) is 0.255. The summed E-state index contributed by atoms with van der Waals surface area (Å²) in [5.41, 5.74) is 0. The van der Waals surface area contributed by atoms with Crippen LogP contribution < -0.4 is 0 Å². The molecule has 0 spiro atoms. The van der Waals surface area contributed by atoms with Crippen LogP contribution in [0.1, 0.15) is 57.8 Å². The number of aliphatic hydroxyl groups is 3. The fourth-order valence-electron chi connectivity index (χ4n) is 2.20. The van der Waals surface area contributed by atoms with Gasteiger partial charge < -0.3 is 25.5 Å². The Hall–Kier alpha value is -1.22. The van der Waals surface area contributed by atoms with Crippen LogP contribution in [0.25, 0.3) is 0 Å². The zero-order valence-electron chi connectivity index (χ0n) is 15.1. The van der Waals surface area contributed by atoms with Crippen molar-refractivity contribution in [3.05, 3.63) is 0 Å². The lowest BCUT2D eigenvalue weighted by Gasteiger charge is -2.17. The molecule has 5 N–H and O–H groups in total. The van der Waals surface area contributed by atoms with Crippen LogP contribution in [0.2, 0.25) is 0 Å². The van der Waals surface area contributed by atoms with Crippen LogP contribution in [0.4, 0.5) is 0 Å². The highest BCUT2D eigenvalue weighted by Crippen LogP contribution is 2.09. The molecule has 0 aliphatic carbocycles. The molecule has 0 rings (SSSR count). The van der Waals surface area contributed by atoms with Gasteiger partial charge >= 0.3 is 11.9 Å². The van der Waals surface area contributed by atoms with Gasteiger partial charge in [0.15, 0.2) is 0 Å². The van der Waals surface area contributed by atoms with Crippen LogP contribution in [0.3, 0.4) is 0 Å². The summed E-state index contributed by atoms with van der Waals surface area (Å²) in [7, 11) is 0. The van der Waals surface area contributed by atoms with E-state index >= 15 is 0 Å². The third-order valence-corrected chi connectivity index (χ3v) is 3.53. The summed E-state index contributed by atoms with van der Waals surface area (Å²) in [6, 6.07) is 0. The number of carboxylic acids is 2. The van der Waals surface area contributed by atoms with Crippen LogP contribution in [-0.4, -0.2) is 81.8 Å². The number of carbonyl (C=O) groups is 2. The third-order valence-electron chi connectivity index (χ3n) is 3.53. The molecule has 8 nitrogen and oxygen atoms in total. The van der Waals surface area contributed by atoms with Gasteiger partial charge in [0.2, 0.25) is 0 Å². The van der Waals surface area contributed by atoms with Gasteiger partial charge in [0.05, 0.1) is 19.8 Å². The molecule has 8 heteroatoms. The minimum Gasteiger partial charge on any atom is -0.481 e. The number of hydrogen-bond acceptors (Lipinski definition) is 6. The molecule has 0 atom stereocenters. The van der Waals surface area contributed by atoms with E-state index in [1.807, 2.05) is 0 Å². The average molecular weight is 365 g/mol. The lowest BCUT2D eigenvalue weighted by molar-refractivity contribution is -0.138. The lowest BCUT2D eigenvalue weighted by Crippen LogP contribution is -2.32. The zero-order chi connectivity index (χ0) is 19.3. The van der Waals surface area contributed by atoms with Gasteiger partial charge in [-0.1, -0.05) is 32.1 Å². The van der Waals surface area contributed by atoms with Crippen LogP contribution in [0.5, 0.6) is 0 Å². The fourth-order valence-corrected chi connectivity index (χ4v) is 2.20. The second kappa shape index (κ2) is 20.8. The Balaban J connectivity index is 0. The van der Waals surface area contributed by atoms with Gasteiger partial charge in [-0.25, -0.2) is 0 Å². The number of unbranched alkanes of at least 4 members (excludes halogenated alkanes) is 6. The molecule has 0 bridgehead atoms. The molecule has 0 aliphatic heterocycles. The Morgan fingerprint density at radius 3 is 1.08 bits per heavy atom. The molecule has 0 saturated carbocycles. The van der Waals surface area contributed by atoms with Crippen molar-refractivity contribution in [2.75, 3.05) is 39.5 Å². The first-order valence-corrected chi connectivity index (χ1v) is 8.96. The molecule has 0 aromatic carbocycles. The number of rotatable bonds is 16. The maximum Gasteiger partial charge on any atom is 0.303 e. The standard InChI is InChI=1S/C11H20O4.C6H15NO3/c12-10(13)8-6-4-2-1-3-5-7-9-11(14)15;8-4-1-7(2-5-9)3-6-10/h1-9H2,(H,12,13)(H,14,15);8-10H,1-6H2. The Morgan fingerprint density at radius 2 is 0.840 bits per heavy atom. The minimum atomic E-state index is -0.726. The number of hydrogen-bond donors (Lipinski definition) is 5. The van der Waals surface area contributed by atoms with Crippen molar-refractivity contribution in [2.24, 2.45) is 0 Å². The maximum atomic E-state index is 10.2. The van der Waals surface area contributed by atoms with E-state index in [9.17, 15) is 9.59 Å². The minimum absolute atomic E-state index is 0.0694. The van der Waals surface area contributed by atoms with Crippen LogP contribution >= 0.6 is 0 Å². The van der Waals surface area contributed by atoms with Crippen LogP contribution in [0, 0.1) is 0 Å². The predicted octanol–water partition coefficient (Wildman–Crippen LogP) is 0.932. The Kier molecular flexibility index (Phi) is 21.7. The van der Waals surface area contributed by atoms with Gasteiger partial charge in [0.25, 0.3) is 0 Å². The summed E-state index contributed by atoms with van der Waals surface area (Å²) in [5.74, 6) is -1.45. The maximum absolute atomic E-state index is 10.2. The number of aliphatic hydroxyl groups excluding tert-OH is 3. The molecule has 0 aromatic heterocycles. The first-order valence-electron chi connectivity index (χ1n) is 8.96. The summed E-state index contributed by atoms with van der Waals surface area (Å²) < 4.78 is 0. The summed E-state index contributed by atoms with van der Waals surface area (Å²) in [5, 5.41) is 42.2. The van der Waals surface area contributed by atoms with Crippen molar-refractivity contribution in [3.63, 3.8) is 0 Å². The van der Waals surface area contributed by atoms with Crippen molar-refractivity contribution in [3.8, 4) is 0 Å². The first kappa shape index (κ1) is 26.0. The highest BCUT2D eigenvalue weighted by atomic mass is 16.4. The summed E-state index contributed by atoms with van der Waals surface area (Å²) in [4.78, 5) is 22.2. The largest absolute Gasteiger partial charge is 0.481 e. The molecule has 0 amide bonds. The topological polar surface area (TPSA) is 139 Å². The van der Waals surface area contributed by atoms with Crippen LogP contribution in [-0.2, 0) is 9.59 Å². The first-order chi connectivity index (χ1) is 12.0. The monoisotopic (exact) mass is 365 g/mol. The Labute approximate surface area is 150 Å². The summed E-state index contributed by atoms with van der Waals surface area (Å²) in [6.45, 7) is 1.75. The molecule has 0 heterocycles. The SMILES string of the molecule is O=C(O)CCCCCCCCCC(=O)O.OCCN(CCO)CCO. The number of nitrogens with zero attached hydrogens (tertiary/aromatic N) is 1. The molecule has 0 unspecified atom stereocenters. The van der Waals surface area contributed by atoms with Gasteiger partial charge in [-0.05, 0) is 12.8 Å². The van der Waals surface area contributed by atoms with E-state index in [1.165, 1.54) is 0 Å². The molecule has 0 aromatic rings. The summed E-state index contributed by atoms with van der Waals surface area (Å²) >= 11 is 0. The third kappa shape index (κ3) is 25.1. The number of aliphatic carboxylic acids is 2. The van der Waals surface area contributed by atoms with Crippen LogP contribution in [0.15, 0.2) is 0 Å². The highest BCUT2D eigenvalue weighted by Gasteiger charge is 2.00. The Bertz CT molecular complexity index is 279. The molecule has 0 fully saturated rings. The normalized spacial score (nSPS) is 10.4. The molecule has 0 radical (unpaired) electrons. The molecule has 150 valence electrons.